The molecule has 6 nitrogen and oxygen atoms in total. The van der Waals surface area contributed by atoms with Crippen LogP contribution in [0.25, 0.3) is 0 Å². The maximum absolute atomic E-state index is 11.5. The van der Waals surface area contributed by atoms with Crippen LogP contribution in [0.2, 0.25) is 0 Å². The zero-order valence-corrected chi connectivity index (χ0v) is 8.93. The fourth-order valence-electron chi connectivity index (χ4n) is 1.17. The molecule has 0 saturated heterocycles. The van der Waals surface area contributed by atoms with Gasteiger partial charge in [0.05, 0.1) is 5.56 Å². The van der Waals surface area contributed by atoms with E-state index in [1.54, 1.807) is 0 Å². The van der Waals surface area contributed by atoms with Crippen LogP contribution < -0.4 is 11.3 Å². The number of carboxylic acids is 1. The van der Waals surface area contributed by atoms with E-state index in [1.807, 2.05) is 0 Å². The topological polar surface area (TPSA) is 102 Å². The summed E-state index contributed by atoms with van der Waals surface area (Å²) in [6.07, 6.45) is 1.11. The van der Waals surface area contributed by atoms with Crippen molar-refractivity contribution >= 4 is 11.9 Å². The van der Waals surface area contributed by atoms with Crippen LogP contribution in [0.4, 0.5) is 0 Å². The standard InChI is InChI=1S/C10H12N2O4/c1-10(2,9(11)16)12-5-6(8(14)15)3-4-7(12)13/h3-5H,1-2H3,(H2,11,16)(H,14,15). The predicted molar refractivity (Wildman–Crippen MR) is 56.2 cm³/mol. The highest BCUT2D eigenvalue weighted by Crippen LogP contribution is 2.12. The number of primary amides is 1. The summed E-state index contributed by atoms with van der Waals surface area (Å²) in [6.45, 7) is 2.89. The number of pyridine rings is 1. The Morgan fingerprint density at radius 1 is 1.38 bits per heavy atom. The largest absolute Gasteiger partial charge is 0.478 e. The summed E-state index contributed by atoms with van der Waals surface area (Å²) in [6, 6.07) is 2.27. The maximum atomic E-state index is 11.5. The van der Waals surface area contributed by atoms with Crippen LogP contribution in [0, 0.1) is 0 Å². The van der Waals surface area contributed by atoms with Gasteiger partial charge in [-0.15, -0.1) is 0 Å². The normalized spacial score (nSPS) is 11.1. The molecule has 0 aliphatic carbocycles. The molecule has 1 aromatic heterocycles. The number of hydrogen-bond donors (Lipinski definition) is 2. The molecule has 0 spiro atoms. The summed E-state index contributed by atoms with van der Waals surface area (Å²) in [5.74, 6) is -1.88. The van der Waals surface area contributed by atoms with Crippen molar-refractivity contribution in [3.8, 4) is 0 Å². The second kappa shape index (κ2) is 3.80. The van der Waals surface area contributed by atoms with E-state index >= 15 is 0 Å². The van der Waals surface area contributed by atoms with E-state index in [0.717, 1.165) is 16.8 Å². The van der Waals surface area contributed by atoms with E-state index in [4.69, 9.17) is 10.8 Å². The van der Waals surface area contributed by atoms with Gasteiger partial charge < -0.3 is 15.4 Å². The van der Waals surface area contributed by atoms with Crippen molar-refractivity contribution in [2.24, 2.45) is 5.73 Å². The Kier molecular flexibility index (Phi) is 2.84. The number of nitrogens with two attached hydrogens (primary N) is 1. The monoisotopic (exact) mass is 224 g/mol. The van der Waals surface area contributed by atoms with Crippen molar-refractivity contribution in [1.29, 1.82) is 0 Å². The third-order valence-electron chi connectivity index (χ3n) is 2.36. The van der Waals surface area contributed by atoms with Crippen LogP contribution in [0.5, 0.6) is 0 Å². The van der Waals surface area contributed by atoms with Crippen LogP contribution in [-0.2, 0) is 10.3 Å². The van der Waals surface area contributed by atoms with Gasteiger partial charge >= 0.3 is 5.97 Å². The molecule has 1 aromatic rings. The van der Waals surface area contributed by atoms with Gasteiger partial charge in [0.1, 0.15) is 5.54 Å². The van der Waals surface area contributed by atoms with Crippen LogP contribution >= 0.6 is 0 Å². The van der Waals surface area contributed by atoms with E-state index < -0.39 is 23.0 Å². The Morgan fingerprint density at radius 3 is 2.38 bits per heavy atom. The summed E-state index contributed by atoms with van der Waals surface area (Å²) in [5.41, 5.74) is 3.34. The Balaban J connectivity index is 3.44. The number of rotatable bonds is 3. The van der Waals surface area contributed by atoms with E-state index in [1.165, 1.54) is 19.9 Å². The SMILES string of the molecule is CC(C)(C(N)=O)n1cc(C(=O)O)ccc1=O. The first-order chi connectivity index (χ1) is 7.26. The number of nitrogens with zero attached hydrogens (tertiary/aromatic N) is 1. The zero-order valence-electron chi connectivity index (χ0n) is 8.93. The van der Waals surface area contributed by atoms with Crippen molar-refractivity contribution in [3.05, 3.63) is 34.2 Å². The minimum Gasteiger partial charge on any atom is -0.478 e. The first-order valence-corrected chi connectivity index (χ1v) is 4.53. The molecule has 0 aromatic carbocycles. The Bertz CT molecular complexity index is 502. The number of aromatic carboxylic acids is 1. The van der Waals surface area contributed by atoms with E-state index in [2.05, 4.69) is 0 Å². The smallest absolute Gasteiger partial charge is 0.337 e. The molecule has 1 amide bonds. The zero-order chi connectivity index (χ0) is 12.5. The number of carboxylic acid groups (broad SMARTS) is 1. The first kappa shape index (κ1) is 12.0. The van der Waals surface area contributed by atoms with Gasteiger partial charge in [0, 0.05) is 12.3 Å². The molecule has 16 heavy (non-hydrogen) atoms. The molecular weight excluding hydrogens is 212 g/mol. The second-order valence-electron chi connectivity index (χ2n) is 3.85. The third-order valence-corrected chi connectivity index (χ3v) is 2.36. The van der Waals surface area contributed by atoms with Gasteiger partial charge in [-0.1, -0.05) is 0 Å². The van der Waals surface area contributed by atoms with E-state index in [9.17, 15) is 14.4 Å². The second-order valence-corrected chi connectivity index (χ2v) is 3.85. The molecule has 0 fully saturated rings. The molecule has 86 valence electrons. The van der Waals surface area contributed by atoms with Crippen molar-refractivity contribution in [2.75, 3.05) is 0 Å². The van der Waals surface area contributed by atoms with Crippen molar-refractivity contribution in [3.63, 3.8) is 0 Å². The minimum atomic E-state index is -1.26. The molecule has 0 aliphatic rings. The summed E-state index contributed by atoms with van der Waals surface area (Å²) in [5, 5.41) is 8.77. The van der Waals surface area contributed by atoms with Crippen LogP contribution in [-0.4, -0.2) is 21.6 Å². The van der Waals surface area contributed by atoms with Crippen molar-refractivity contribution in [2.45, 2.75) is 19.4 Å². The Morgan fingerprint density at radius 2 is 1.94 bits per heavy atom. The highest BCUT2D eigenvalue weighted by Gasteiger charge is 2.28. The maximum Gasteiger partial charge on any atom is 0.337 e. The van der Waals surface area contributed by atoms with Gasteiger partial charge in [-0.05, 0) is 19.9 Å². The van der Waals surface area contributed by atoms with Gasteiger partial charge in [-0.3, -0.25) is 9.59 Å². The lowest BCUT2D eigenvalue weighted by Gasteiger charge is -2.23. The van der Waals surface area contributed by atoms with Gasteiger partial charge in [0.25, 0.3) is 5.56 Å². The summed E-state index contributed by atoms with van der Waals surface area (Å²) >= 11 is 0. The summed E-state index contributed by atoms with van der Waals surface area (Å²) < 4.78 is 1.01. The molecule has 0 bridgehead atoms. The molecule has 0 unspecified atom stereocenters. The lowest BCUT2D eigenvalue weighted by atomic mass is 10.0. The van der Waals surface area contributed by atoms with E-state index in [0.29, 0.717) is 0 Å². The number of aromatic nitrogens is 1. The van der Waals surface area contributed by atoms with Crippen LogP contribution in [0.1, 0.15) is 24.2 Å². The fourth-order valence-corrected chi connectivity index (χ4v) is 1.17. The molecule has 0 saturated carbocycles. The molecule has 0 radical (unpaired) electrons. The summed E-state index contributed by atoms with van der Waals surface area (Å²) in [4.78, 5) is 33.4. The molecular formula is C10H12N2O4. The van der Waals surface area contributed by atoms with Gasteiger partial charge in [-0.25, -0.2) is 4.79 Å². The predicted octanol–water partition coefficient (Wildman–Crippen LogP) is -0.233. The highest BCUT2D eigenvalue weighted by atomic mass is 16.4. The average molecular weight is 224 g/mol. The van der Waals surface area contributed by atoms with Crippen LogP contribution in [0.3, 0.4) is 0 Å². The molecule has 3 N–H and O–H groups in total. The number of amides is 1. The van der Waals surface area contributed by atoms with Gasteiger partial charge in [0.15, 0.2) is 0 Å². The molecule has 0 atom stereocenters. The molecule has 1 rings (SSSR count). The number of hydrogen-bond acceptors (Lipinski definition) is 3. The Labute approximate surface area is 91.3 Å². The minimum absolute atomic E-state index is 0.0751. The van der Waals surface area contributed by atoms with Crippen LogP contribution in [0.15, 0.2) is 23.1 Å². The number of carbonyl (C=O) groups is 2. The van der Waals surface area contributed by atoms with Gasteiger partial charge in [0.2, 0.25) is 5.91 Å². The fraction of sp³-hybridized carbons (Fsp3) is 0.300. The average Bonchev–Trinajstić information content (AvgIpc) is 2.17. The summed E-state index contributed by atoms with van der Waals surface area (Å²) in [7, 11) is 0. The third kappa shape index (κ3) is 1.95. The molecule has 6 heteroatoms. The quantitative estimate of drug-likeness (QED) is 0.739. The molecule has 0 aliphatic heterocycles. The van der Waals surface area contributed by atoms with Gasteiger partial charge in [-0.2, -0.15) is 0 Å². The first-order valence-electron chi connectivity index (χ1n) is 4.53. The molecule has 1 heterocycles. The number of carbonyl (C=O) groups excluding carboxylic acids is 1. The van der Waals surface area contributed by atoms with E-state index in [-0.39, 0.29) is 5.56 Å². The van der Waals surface area contributed by atoms with Crippen molar-refractivity contribution in [1.82, 2.24) is 4.57 Å². The highest BCUT2D eigenvalue weighted by molar-refractivity contribution is 5.87. The lowest BCUT2D eigenvalue weighted by Crippen LogP contribution is -2.46. The Hall–Kier alpha value is -2.11. The van der Waals surface area contributed by atoms with Crippen molar-refractivity contribution < 1.29 is 14.7 Å². The lowest BCUT2D eigenvalue weighted by molar-refractivity contribution is -0.125.